The molecule has 0 fully saturated rings. The van der Waals surface area contributed by atoms with Gasteiger partial charge in [0.2, 0.25) is 5.91 Å². The molecule has 2 heterocycles. The van der Waals surface area contributed by atoms with E-state index in [9.17, 15) is 18.0 Å². The first kappa shape index (κ1) is 18.1. The van der Waals surface area contributed by atoms with Crippen LogP contribution in [0.5, 0.6) is 0 Å². The smallest absolute Gasteiger partial charge is 0.335 e. The summed E-state index contributed by atoms with van der Waals surface area (Å²) in [6.45, 7) is 0.891. The zero-order valence-electron chi connectivity index (χ0n) is 14.2. The van der Waals surface area contributed by atoms with Gasteiger partial charge in [0, 0.05) is 31.1 Å². The van der Waals surface area contributed by atoms with E-state index < -0.39 is 15.8 Å². The van der Waals surface area contributed by atoms with Gasteiger partial charge in [0.25, 0.3) is 0 Å². The van der Waals surface area contributed by atoms with Crippen molar-refractivity contribution in [1.29, 1.82) is 0 Å². The molecular weight excluding hydrogens is 358 g/mol. The fraction of sp³-hybridized carbons (Fsp3) is 0.353. The summed E-state index contributed by atoms with van der Waals surface area (Å²) < 4.78 is 25.5. The Morgan fingerprint density at radius 2 is 2.04 bits per heavy atom. The molecule has 1 aliphatic rings. The molecule has 0 spiro atoms. The minimum absolute atomic E-state index is 0.0332. The number of carboxylic acid groups (broad SMARTS) is 1. The highest BCUT2D eigenvalue weighted by atomic mass is 32.2. The summed E-state index contributed by atoms with van der Waals surface area (Å²) >= 11 is 0. The number of amides is 1. The number of benzene rings is 1. The largest absolute Gasteiger partial charge is 0.478 e. The maximum absolute atomic E-state index is 12.3. The minimum Gasteiger partial charge on any atom is -0.478 e. The molecular formula is C17H19N3O5S. The molecule has 138 valence electrons. The lowest BCUT2D eigenvalue weighted by Gasteiger charge is -2.11. The second-order valence-electron chi connectivity index (χ2n) is 6.35. The van der Waals surface area contributed by atoms with Crippen LogP contribution in [-0.2, 0) is 34.0 Å². The molecule has 1 aromatic heterocycles. The number of aryl methyl sites for hydroxylation is 2. The number of nitrogens with one attached hydrogen (secondary N) is 1. The number of carbonyl (C=O) groups excluding carboxylic acids is 1. The number of fused-ring (bicyclic) bond motifs is 1. The van der Waals surface area contributed by atoms with Gasteiger partial charge in [-0.1, -0.05) is 0 Å². The second-order valence-corrected chi connectivity index (χ2v) is 8.36. The van der Waals surface area contributed by atoms with Crippen LogP contribution in [0, 0.1) is 0 Å². The number of imidazole rings is 1. The lowest BCUT2D eigenvalue weighted by molar-refractivity contribution is -0.115. The highest BCUT2D eigenvalue weighted by molar-refractivity contribution is 7.90. The van der Waals surface area contributed by atoms with Crippen LogP contribution in [0.1, 0.15) is 34.7 Å². The molecule has 26 heavy (non-hydrogen) atoms. The van der Waals surface area contributed by atoms with Gasteiger partial charge in [-0.2, -0.15) is 0 Å². The van der Waals surface area contributed by atoms with Crippen LogP contribution in [0.3, 0.4) is 0 Å². The molecule has 2 aromatic rings. The van der Waals surface area contributed by atoms with E-state index >= 15 is 0 Å². The number of nitrogens with zero attached hydrogens (tertiary/aromatic N) is 2. The standard InChI is InChI=1S/C17H19N3O5S/c1-26(24,25)14-7-11(17(22)23)6-12(8-14)19-16(21)9-13-10-20-5-3-2-4-15(20)18-13/h6-8,10H,2-5,9H2,1H3,(H,19,21)(H,22,23). The number of aromatic carboxylic acids is 1. The van der Waals surface area contributed by atoms with Gasteiger partial charge >= 0.3 is 5.97 Å². The van der Waals surface area contributed by atoms with Crippen molar-refractivity contribution in [2.75, 3.05) is 11.6 Å². The highest BCUT2D eigenvalue weighted by Crippen LogP contribution is 2.20. The van der Waals surface area contributed by atoms with Crippen LogP contribution in [-0.4, -0.2) is 41.2 Å². The fourth-order valence-electron chi connectivity index (χ4n) is 2.94. The van der Waals surface area contributed by atoms with Crippen molar-refractivity contribution in [2.45, 2.75) is 37.1 Å². The van der Waals surface area contributed by atoms with Crippen molar-refractivity contribution in [3.05, 3.63) is 41.5 Å². The zero-order valence-corrected chi connectivity index (χ0v) is 15.0. The highest BCUT2D eigenvalue weighted by Gasteiger charge is 2.17. The number of anilines is 1. The lowest BCUT2D eigenvalue weighted by atomic mass is 10.2. The average molecular weight is 377 g/mol. The normalized spacial score (nSPS) is 13.9. The van der Waals surface area contributed by atoms with Gasteiger partial charge in [-0.05, 0) is 31.0 Å². The number of sulfone groups is 1. The lowest BCUT2D eigenvalue weighted by Crippen LogP contribution is -2.16. The maximum atomic E-state index is 12.3. The van der Waals surface area contributed by atoms with Gasteiger partial charge in [-0.3, -0.25) is 4.79 Å². The fourth-order valence-corrected chi connectivity index (χ4v) is 3.62. The number of aromatic nitrogens is 2. The van der Waals surface area contributed by atoms with E-state index in [4.69, 9.17) is 5.11 Å². The van der Waals surface area contributed by atoms with E-state index in [-0.39, 0.29) is 28.5 Å². The van der Waals surface area contributed by atoms with Crippen molar-refractivity contribution < 1.29 is 23.1 Å². The Morgan fingerprint density at radius 3 is 2.69 bits per heavy atom. The van der Waals surface area contributed by atoms with Crippen molar-refractivity contribution >= 4 is 27.4 Å². The Bertz CT molecular complexity index is 955. The predicted molar refractivity (Wildman–Crippen MR) is 94.0 cm³/mol. The molecule has 8 nitrogen and oxygen atoms in total. The van der Waals surface area contributed by atoms with Gasteiger partial charge < -0.3 is 15.0 Å². The number of carboxylic acids is 1. The second kappa shape index (κ2) is 6.91. The third kappa shape index (κ3) is 4.10. The summed E-state index contributed by atoms with van der Waals surface area (Å²) in [7, 11) is -3.61. The SMILES string of the molecule is CS(=O)(=O)c1cc(NC(=O)Cc2cn3c(n2)CCCC3)cc(C(=O)O)c1. The molecule has 0 unspecified atom stereocenters. The zero-order chi connectivity index (χ0) is 18.9. The van der Waals surface area contributed by atoms with E-state index in [1.807, 2.05) is 10.8 Å². The van der Waals surface area contributed by atoms with Gasteiger partial charge in [-0.15, -0.1) is 0 Å². The van der Waals surface area contributed by atoms with Crippen molar-refractivity contribution in [1.82, 2.24) is 9.55 Å². The summed E-state index contributed by atoms with van der Waals surface area (Å²) in [4.78, 5) is 27.8. The average Bonchev–Trinajstić information content (AvgIpc) is 2.95. The first-order chi connectivity index (χ1) is 12.2. The molecule has 0 bridgehead atoms. The molecule has 1 amide bonds. The van der Waals surface area contributed by atoms with Crippen LogP contribution in [0.25, 0.3) is 0 Å². The number of rotatable bonds is 5. The Kier molecular flexibility index (Phi) is 4.82. The molecule has 0 saturated heterocycles. The Balaban J connectivity index is 1.79. The molecule has 0 aliphatic carbocycles. The van der Waals surface area contributed by atoms with Crippen molar-refractivity contribution in [2.24, 2.45) is 0 Å². The van der Waals surface area contributed by atoms with E-state index in [0.717, 1.165) is 44.0 Å². The quantitative estimate of drug-likeness (QED) is 0.815. The first-order valence-corrected chi connectivity index (χ1v) is 10.0. The van der Waals surface area contributed by atoms with Gasteiger partial charge in [-0.25, -0.2) is 18.2 Å². The van der Waals surface area contributed by atoms with Crippen LogP contribution in [0.4, 0.5) is 5.69 Å². The summed E-state index contributed by atoms with van der Waals surface area (Å²) in [5.74, 6) is -0.693. The Hall–Kier alpha value is -2.68. The van der Waals surface area contributed by atoms with E-state index in [0.29, 0.717) is 5.69 Å². The minimum atomic E-state index is -3.61. The third-order valence-electron chi connectivity index (χ3n) is 4.17. The topological polar surface area (TPSA) is 118 Å². The first-order valence-electron chi connectivity index (χ1n) is 8.15. The maximum Gasteiger partial charge on any atom is 0.335 e. The predicted octanol–water partition coefficient (Wildman–Crippen LogP) is 1.50. The van der Waals surface area contributed by atoms with Crippen LogP contribution >= 0.6 is 0 Å². The Morgan fingerprint density at radius 1 is 1.27 bits per heavy atom. The Labute approximate surface area is 150 Å². The van der Waals surface area contributed by atoms with Crippen molar-refractivity contribution in [3.8, 4) is 0 Å². The van der Waals surface area contributed by atoms with Crippen LogP contribution < -0.4 is 5.32 Å². The molecule has 1 aromatic carbocycles. The van der Waals surface area contributed by atoms with Crippen LogP contribution in [0.2, 0.25) is 0 Å². The molecule has 3 rings (SSSR count). The van der Waals surface area contributed by atoms with Gasteiger partial charge in [0.1, 0.15) is 5.82 Å². The van der Waals surface area contributed by atoms with E-state index in [2.05, 4.69) is 10.3 Å². The number of hydrogen-bond acceptors (Lipinski definition) is 5. The molecule has 1 aliphatic heterocycles. The summed E-state index contributed by atoms with van der Waals surface area (Å²) in [5, 5.41) is 11.7. The number of hydrogen-bond donors (Lipinski definition) is 2. The van der Waals surface area contributed by atoms with E-state index in [1.54, 1.807) is 0 Å². The number of carbonyl (C=O) groups is 2. The summed E-state index contributed by atoms with van der Waals surface area (Å²) in [6, 6.07) is 3.54. The van der Waals surface area contributed by atoms with Gasteiger partial charge in [0.05, 0.1) is 22.6 Å². The monoisotopic (exact) mass is 377 g/mol. The summed E-state index contributed by atoms with van der Waals surface area (Å²) in [6.07, 6.45) is 5.93. The van der Waals surface area contributed by atoms with Crippen molar-refractivity contribution in [3.63, 3.8) is 0 Å². The third-order valence-corrected chi connectivity index (χ3v) is 5.26. The molecule has 9 heteroatoms. The van der Waals surface area contributed by atoms with Gasteiger partial charge in [0.15, 0.2) is 9.84 Å². The molecule has 2 N–H and O–H groups in total. The van der Waals surface area contributed by atoms with Crippen LogP contribution in [0.15, 0.2) is 29.3 Å². The summed E-state index contributed by atoms with van der Waals surface area (Å²) in [5.41, 5.74) is 0.553. The molecule has 0 saturated carbocycles. The van der Waals surface area contributed by atoms with E-state index in [1.165, 1.54) is 12.1 Å². The molecule has 0 atom stereocenters. The molecule has 0 radical (unpaired) electrons.